The minimum Gasteiger partial charge on any atom is -0.398 e. The summed E-state index contributed by atoms with van der Waals surface area (Å²) in [4.78, 5) is 16.1. The molecule has 1 unspecified atom stereocenters. The number of carbonyl (C=O) groups excluding carboxylic acids is 1. The molecule has 19 heavy (non-hydrogen) atoms. The molecule has 3 N–H and O–H groups in total. The summed E-state index contributed by atoms with van der Waals surface area (Å²) in [5.41, 5.74) is 7.82. The second-order valence-electron chi connectivity index (χ2n) is 4.19. The number of hydrogen-bond acceptors (Lipinski definition) is 3. The van der Waals surface area contributed by atoms with E-state index in [2.05, 4.69) is 26.2 Å². The van der Waals surface area contributed by atoms with E-state index in [0.29, 0.717) is 11.4 Å². The van der Waals surface area contributed by atoms with Gasteiger partial charge in [0.25, 0.3) is 5.91 Å². The van der Waals surface area contributed by atoms with Crippen LogP contribution in [0.1, 0.15) is 29.0 Å². The lowest BCUT2D eigenvalue weighted by Gasteiger charge is -2.15. The second kappa shape index (κ2) is 5.84. The highest BCUT2D eigenvalue weighted by molar-refractivity contribution is 9.10. The third kappa shape index (κ3) is 3.32. The topological polar surface area (TPSA) is 68.0 Å². The molecule has 0 spiro atoms. The highest BCUT2D eigenvalue weighted by atomic mass is 79.9. The Morgan fingerprint density at radius 3 is 2.68 bits per heavy atom. The minimum atomic E-state index is -0.219. The molecule has 0 radical (unpaired) electrons. The van der Waals surface area contributed by atoms with Gasteiger partial charge in [0.05, 0.1) is 6.04 Å². The maximum absolute atomic E-state index is 12.0. The molecule has 0 aliphatic rings. The SMILES string of the molecule is CC(NC(=O)c1ccc(Br)cn1)c1ccccc1N. The van der Waals surface area contributed by atoms with Crippen LogP contribution >= 0.6 is 15.9 Å². The van der Waals surface area contributed by atoms with Crippen molar-refractivity contribution in [2.45, 2.75) is 13.0 Å². The number of anilines is 1. The fourth-order valence-electron chi connectivity index (χ4n) is 1.76. The van der Waals surface area contributed by atoms with Gasteiger partial charge in [-0.15, -0.1) is 0 Å². The lowest BCUT2D eigenvalue weighted by molar-refractivity contribution is 0.0935. The third-order valence-corrected chi connectivity index (χ3v) is 3.24. The van der Waals surface area contributed by atoms with E-state index in [1.54, 1.807) is 18.3 Å². The number of nitrogens with two attached hydrogens (primary N) is 1. The second-order valence-corrected chi connectivity index (χ2v) is 5.10. The summed E-state index contributed by atoms with van der Waals surface area (Å²) < 4.78 is 0.837. The molecule has 2 aromatic rings. The highest BCUT2D eigenvalue weighted by Crippen LogP contribution is 2.19. The Labute approximate surface area is 120 Å². The molecule has 0 saturated carbocycles. The van der Waals surface area contributed by atoms with Gasteiger partial charge in [0.15, 0.2) is 0 Å². The van der Waals surface area contributed by atoms with Crippen LogP contribution in [-0.4, -0.2) is 10.9 Å². The standard InChI is InChI=1S/C14H14BrN3O/c1-9(11-4-2-3-5-12(11)16)18-14(19)13-7-6-10(15)8-17-13/h2-9H,16H2,1H3,(H,18,19). The Bertz CT molecular complexity index is 583. The number of nitrogen functional groups attached to an aromatic ring is 1. The fraction of sp³-hybridized carbons (Fsp3) is 0.143. The summed E-state index contributed by atoms with van der Waals surface area (Å²) in [6.07, 6.45) is 1.59. The summed E-state index contributed by atoms with van der Waals surface area (Å²) in [6, 6.07) is 10.8. The predicted molar refractivity (Wildman–Crippen MR) is 78.7 cm³/mol. The molecular formula is C14H14BrN3O. The van der Waals surface area contributed by atoms with E-state index in [1.165, 1.54) is 0 Å². The number of para-hydroxylation sites is 1. The lowest BCUT2D eigenvalue weighted by atomic mass is 10.1. The molecule has 0 aliphatic carbocycles. The highest BCUT2D eigenvalue weighted by Gasteiger charge is 2.13. The number of aromatic nitrogens is 1. The van der Waals surface area contributed by atoms with Gasteiger partial charge in [-0.05, 0) is 46.6 Å². The first kappa shape index (κ1) is 13.5. The first-order chi connectivity index (χ1) is 9.08. The van der Waals surface area contributed by atoms with Crippen LogP contribution in [-0.2, 0) is 0 Å². The maximum Gasteiger partial charge on any atom is 0.270 e. The number of benzene rings is 1. The number of nitrogens with one attached hydrogen (secondary N) is 1. The van der Waals surface area contributed by atoms with E-state index in [0.717, 1.165) is 10.0 Å². The molecule has 1 atom stereocenters. The molecule has 0 fully saturated rings. The zero-order chi connectivity index (χ0) is 13.8. The van der Waals surface area contributed by atoms with Crippen molar-refractivity contribution in [3.05, 3.63) is 58.3 Å². The Morgan fingerprint density at radius 2 is 2.05 bits per heavy atom. The van der Waals surface area contributed by atoms with E-state index in [9.17, 15) is 4.79 Å². The number of pyridine rings is 1. The smallest absolute Gasteiger partial charge is 0.270 e. The summed E-state index contributed by atoms with van der Waals surface area (Å²) in [6.45, 7) is 1.89. The van der Waals surface area contributed by atoms with E-state index in [4.69, 9.17) is 5.73 Å². The molecule has 5 heteroatoms. The summed E-state index contributed by atoms with van der Waals surface area (Å²) in [5.74, 6) is -0.219. The molecule has 1 aromatic carbocycles. The van der Waals surface area contributed by atoms with E-state index < -0.39 is 0 Å². The molecular weight excluding hydrogens is 306 g/mol. The van der Waals surface area contributed by atoms with Gasteiger partial charge < -0.3 is 11.1 Å². The van der Waals surface area contributed by atoms with Gasteiger partial charge in [0.2, 0.25) is 0 Å². The van der Waals surface area contributed by atoms with Crippen LogP contribution in [0.2, 0.25) is 0 Å². The molecule has 98 valence electrons. The largest absolute Gasteiger partial charge is 0.398 e. The lowest BCUT2D eigenvalue weighted by Crippen LogP contribution is -2.27. The van der Waals surface area contributed by atoms with E-state index in [-0.39, 0.29) is 11.9 Å². The van der Waals surface area contributed by atoms with Crippen molar-refractivity contribution < 1.29 is 4.79 Å². The molecule has 1 heterocycles. The molecule has 0 aliphatic heterocycles. The van der Waals surface area contributed by atoms with Crippen molar-refractivity contribution in [1.29, 1.82) is 0 Å². The third-order valence-electron chi connectivity index (χ3n) is 2.77. The normalized spacial score (nSPS) is 11.9. The Hall–Kier alpha value is -1.88. The van der Waals surface area contributed by atoms with Crippen LogP contribution in [0.5, 0.6) is 0 Å². The summed E-state index contributed by atoms with van der Waals surface area (Å²) in [5, 5.41) is 2.88. The zero-order valence-electron chi connectivity index (χ0n) is 10.4. The molecule has 0 bridgehead atoms. The van der Waals surface area contributed by atoms with Gasteiger partial charge in [-0.3, -0.25) is 4.79 Å². The predicted octanol–water partition coefficient (Wildman–Crippen LogP) is 2.92. The van der Waals surface area contributed by atoms with Gasteiger partial charge in [-0.2, -0.15) is 0 Å². The molecule has 2 rings (SSSR count). The molecule has 4 nitrogen and oxygen atoms in total. The van der Waals surface area contributed by atoms with Gasteiger partial charge in [0, 0.05) is 16.4 Å². The Morgan fingerprint density at radius 1 is 1.32 bits per heavy atom. The van der Waals surface area contributed by atoms with Crippen molar-refractivity contribution in [2.75, 3.05) is 5.73 Å². The van der Waals surface area contributed by atoms with Crippen molar-refractivity contribution in [3.63, 3.8) is 0 Å². The fourth-order valence-corrected chi connectivity index (χ4v) is 2.00. The number of halogens is 1. The minimum absolute atomic E-state index is 0.167. The van der Waals surface area contributed by atoms with Crippen molar-refractivity contribution in [1.82, 2.24) is 10.3 Å². The van der Waals surface area contributed by atoms with Crippen molar-refractivity contribution in [2.24, 2.45) is 0 Å². The van der Waals surface area contributed by atoms with Crippen LogP contribution in [0.3, 0.4) is 0 Å². The summed E-state index contributed by atoms with van der Waals surface area (Å²) in [7, 11) is 0. The Balaban J connectivity index is 2.11. The molecule has 1 aromatic heterocycles. The quantitative estimate of drug-likeness (QED) is 0.855. The van der Waals surface area contributed by atoms with Crippen LogP contribution in [0, 0.1) is 0 Å². The van der Waals surface area contributed by atoms with Gasteiger partial charge >= 0.3 is 0 Å². The van der Waals surface area contributed by atoms with E-state index in [1.807, 2.05) is 31.2 Å². The molecule has 1 amide bonds. The van der Waals surface area contributed by atoms with Gasteiger partial charge in [-0.25, -0.2) is 4.98 Å². The van der Waals surface area contributed by atoms with Crippen LogP contribution < -0.4 is 11.1 Å². The van der Waals surface area contributed by atoms with Crippen LogP contribution in [0.15, 0.2) is 47.1 Å². The van der Waals surface area contributed by atoms with Crippen molar-refractivity contribution >= 4 is 27.5 Å². The number of amides is 1. The number of hydrogen-bond donors (Lipinski definition) is 2. The maximum atomic E-state index is 12.0. The zero-order valence-corrected chi connectivity index (χ0v) is 12.0. The summed E-state index contributed by atoms with van der Waals surface area (Å²) >= 11 is 3.28. The monoisotopic (exact) mass is 319 g/mol. The Kier molecular flexibility index (Phi) is 4.16. The number of carbonyl (C=O) groups is 1. The van der Waals surface area contributed by atoms with E-state index >= 15 is 0 Å². The molecule has 0 saturated heterocycles. The first-order valence-corrected chi connectivity index (χ1v) is 6.64. The van der Waals surface area contributed by atoms with Gasteiger partial charge in [0.1, 0.15) is 5.69 Å². The van der Waals surface area contributed by atoms with Crippen molar-refractivity contribution in [3.8, 4) is 0 Å². The average molecular weight is 320 g/mol. The number of nitrogens with zero attached hydrogens (tertiary/aromatic N) is 1. The van der Waals surface area contributed by atoms with Crippen LogP contribution in [0.25, 0.3) is 0 Å². The number of rotatable bonds is 3. The average Bonchev–Trinajstić information content (AvgIpc) is 2.39. The first-order valence-electron chi connectivity index (χ1n) is 5.84. The van der Waals surface area contributed by atoms with Crippen LogP contribution in [0.4, 0.5) is 5.69 Å². The van der Waals surface area contributed by atoms with Gasteiger partial charge in [-0.1, -0.05) is 18.2 Å².